The molecule has 33 heavy (non-hydrogen) atoms. The summed E-state index contributed by atoms with van der Waals surface area (Å²) < 4.78 is 40.0. The summed E-state index contributed by atoms with van der Waals surface area (Å²) in [6, 6.07) is 10.0. The predicted octanol–water partition coefficient (Wildman–Crippen LogP) is 4.02. The molecule has 0 aliphatic carbocycles. The van der Waals surface area contributed by atoms with Crippen LogP contribution >= 0.6 is 11.6 Å². The Hall–Kier alpha value is -3.14. The fourth-order valence-corrected chi connectivity index (χ4v) is 4.04. The quantitative estimate of drug-likeness (QED) is 0.574. The third-order valence-electron chi connectivity index (χ3n) is 5.45. The van der Waals surface area contributed by atoms with E-state index in [0.717, 1.165) is 29.5 Å². The van der Waals surface area contributed by atoms with Crippen LogP contribution in [0.5, 0.6) is 0 Å². The number of aromatic nitrogens is 4. The van der Waals surface area contributed by atoms with E-state index in [1.807, 2.05) is 29.2 Å². The largest absolute Gasteiger partial charge is 0.419 e. The van der Waals surface area contributed by atoms with Gasteiger partial charge in [-0.15, -0.1) is 0 Å². The molecular formula is C22H23ClF3N7. The van der Waals surface area contributed by atoms with Crippen molar-refractivity contribution in [2.45, 2.75) is 25.4 Å². The smallest absolute Gasteiger partial charge is 0.368 e. The highest BCUT2D eigenvalue weighted by Gasteiger charge is 2.36. The van der Waals surface area contributed by atoms with Crippen LogP contribution in [0.15, 0.2) is 42.6 Å². The maximum atomic E-state index is 13.3. The molecule has 0 unspecified atom stereocenters. The van der Waals surface area contributed by atoms with Gasteiger partial charge in [0.25, 0.3) is 0 Å². The third-order valence-corrected chi connectivity index (χ3v) is 5.81. The van der Waals surface area contributed by atoms with Crippen LogP contribution in [0.25, 0.3) is 0 Å². The summed E-state index contributed by atoms with van der Waals surface area (Å²) in [5, 5.41) is 0.729. The Morgan fingerprint density at radius 2 is 1.64 bits per heavy atom. The number of pyridine rings is 1. The lowest BCUT2D eigenvalue weighted by Gasteiger charge is -2.36. The topological polar surface area (TPSA) is 84.1 Å². The van der Waals surface area contributed by atoms with Gasteiger partial charge in [0, 0.05) is 43.8 Å². The highest BCUT2D eigenvalue weighted by atomic mass is 35.5. The first kappa shape index (κ1) is 23.0. The summed E-state index contributed by atoms with van der Waals surface area (Å²) in [5.41, 5.74) is 6.23. The van der Waals surface area contributed by atoms with Crippen LogP contribution in [0.4, 0.5) is 30.9 Å². The zero-order chi connectivity index (χ0) is 23.4. The van der Waals surface area contributed by atoms with Gasteiger partial charge >= 0.3 is 6.18 Å². The average molecular weight is 478 g/mol. The average Bonchev–Trinajstić information content (AvgIpc) is 2.80. The first-order valence-corrected chi connectivity index (χ1v) is 10.9. The minimum absolute atomic E-state index is 0.0555. The third kappa shape index (κ3) is 5.62. The van der Waals surface area contributed by atoms with Crippen LogP contribution in [0.2, 0.25) is 5.02 Å². The van der Waals surface area contributed by atoms with Gasteiger partial charge in [0.05, 0.1) is 5.56 Å². The number of aryl methyl sites for hydroxylation is 2. The zero-order valence-electron chi connectivity index (χ0n) is 17.8. The van der Waals surface area contributed by atoms with E-state index in [1.165, 1.54) is 12.3 Å². The highest BCUT2D eigenvalue weighted by molar-refractivity contribution is 6.31. The first-order valence-electron chi connectivity index (χ1n) is 10.6. The summed E-state index contributed by atoms with van der Waals surface area (Å²) in [4.78, 5) is 20.5. The summed E-state index contributed by atoms with van der Waals surface area (Å²) in [5.74, 6) is 1.09. The van der Waals surface area contributed by atoms with Crippen molar-refractivity contribution in [3.05, 3.63) is 64.6 Å². The van der Waals surface area contributed by atoms with Crippen LogP contribution in [-0.4, -0.2) is 46.1 Å². The number of alkyl halides is 3. The molecule has 7 nitrogen and oxygen atoms in total. The maximum absolute atomic E-state index is 13.3. The maximum Gasteiger partial charge on any atom is 0.419 e. The van der Waals surface area contributed by atoms with Crippen LogP contribution in [0.3, 0.4) is 0 Å². The van der Waals surface area contributed by atoms with Crippen molar-refractivity contribution in [3.63, 3.8) is 0 Å². The Balaban J connectivity index is 1.40. The molecule has 1 aliphatic rings. The number of piperazine rings is 1. The Bertz CT molecular complexity index is 1100. The molecule has 0 radical (unpaired) electrons. The Labute approximate surface area is 194 Å². The molecule has 4 rings (SSSR count). The van der Waals surface area contributed by atoms with Gasteiger partial charge in [0.1, 0.15) is 11.6 Å². The number of halogens is 4. The van der Waals surface area contributed by atoms with E-state index in [0.29, 0.717) is 44.4 Å². The number of rotatable bonds is 6. The van der Waals surface area contributed by atoms with Gasteiger partial charge in [-0.05, 0) is 36.6 Å². The molecular weight excluding hydrogens is 455 g/mol. The van der Waals surface area contributed by atoms with Crippen LogP contribution < -0.4 is 15.5 Å². The standard InChI is InChI=1S/C22H23ClF3N7/c23-17-8-2-1-5-15(17)6-3-9-18-29-20(27)31-21(30-18)33-13-11-32(12-14-33)19-16(22(24,25)26)7-4-10-28-19/h1-2,4-5,7-8,10H,3,6,9,11-14H2,(H2,27,29,30,31). The molecule has 1 aliphatic heterocycles. The molecule has 3 aromatic rings. The lowest BCUT2D eigenvalue weighted by atomic mass is 10.1. The van der Waals surface area contributed by atoms with Crippen molar-refractivity contribution in [3.8, 4) is 0 Å². The number of anilines is 3. The molecule has 1 fully saturated rings. The molecule has 2 aromatic heterocycles. The van der Waals surface area contributed by atoms with E-state index in [9.17, 15) is 13.2 Å². The molecule has 0 saturated carbocycles. The summed E-state index contributed by atoms with van der Waals surface area (Å²) in [6.45, 7) is 1.59. The van der Waals surface area contributed by atoms with E-state index in [-0.39, 0.29) is 11.8 Å². The fourth-order valence-electron chi connectivity index (χ4n) is 3.80. The number of nitrogens with two attached hydrogens (primary N) is 1. The second-order valence-corrected chi connectivity index (χ2v) is 8.11. The lowest BCUT2D eigenvalue weighted by molar-refractivity contribution is -0.137. The van der Waals surface area contributed by atoms with Gasteiger partial charge < -0.3 is 15.5 Å². The van der Waals surface area contributed by atoms with Gasteiger partial charge in [0.15, 0.2) is 0 Å². The molecule has 174 valence electrons. The number of nitrogens with zero attached hydrogens (tertiary/aromatic N) is 6. The molecule has 3 heterocycles. The van der Waals surface area contributed by atoms with Crippen LogP contribution in [-0.2, 0) is 19.0 Å². The minimum Gasteiger partial charge on any atom is -0.368 e. The molecule has 0 spiro atoms. The van der Waals surface area contributed by atoms with Crippen molar-refractivity contribution < 1.29 is 13.2 Å². The summed E-state index contributed by atoms with van der Waals surface area (Å²) in [6.07, 6.45) is -0.903. The lowest BCUT2D eigenvalue weighted by Crippen LogP contribution is -2.48. The Kier molecular flexibility index (Phi) is 6.83. The molecule has 1 aromatic carbocycles. The second kappa shape index (κ2) is 9.78. The van der Waals surface area contributed by atoms with Crippen molar-refractivity contribution in [2.75, 3.05) is 41.7 Å². The number of hydrogen-bond donors (Lipinski definition) is 1. The van der Waals surface area contributed by atoms with Crippen molar-refractivity contribution in [2.24, 2.45) is 0 Å². The number of benzene rings is 1. The minimum atomic E-state index is -4.46. The number of nitrogen functional groups attached to an aromatic ring is 1. The highest BCUT2D eigenvalue weighted by Crippen LogP contribution is 2.35. The Morgan fingerprint density at radius 1 is 0.909 bits per heavy atom. The summed E-state index contributed by atoms with van der Waals surface area (Å²) in [7, 11) is 0. The molecule has 1 saturated heterocycles. The van der Waals surface area contributed by atoms with Crippen molar-refractivity contribution >= 4 is 29.3 Å². The monoisotopic (exact) mass is 477 g/mol. The number of hydrogen-bond acceptors (Lipinski definition) is 7. The van der Waals surface area contributed by atoms with Gasteiger partial charge in [-0.3, -0.25) is 0 Å². The van der Waals surface area contributed by atoms with E-state index in [1.54, 1.807) is 4.90 Å². The molecule has 0 bridgehead atoms. The van der Waals surface area contributed by atoms with E-state index >= 15 is 0 Å². The molecule has 11 heteroatoms. The molecule has 0 atom stereocenters. The molecule has 0 amide bonds. The van der Waals surface area contributed by atoms with Gasteiger partial charge in [0.2, 0.25) is 11.9 Å². The van der Waals surface area contributed by atoms with E-state index in [4.69, 9.17) is 17.3 Å². The van der Waals surface area contributed by atoms with E-state index in [2.05, 4.69) is 19.9 Å². The zero-order valence-corrected chi connectivity index (χ0v) is 18.5. The van der Waals surface area contributed by atoms with Gasteiger partial charge in [-0.1, -0.05) is 29.8 Å². The van der Waals surface area contributed by atoms with Crippen LogP contribution in [0.1, 0.15) is 23.4 Å². The fraction of sp³-hybridized carbons (Fsp3) is 0.364. The second-order valence-electron chi connectivity index (χ2n) is 7.70. The van der Waals surface area contributed by atoms with Crippen molar-refractivity contribution in [1.29, 1.82) is 0 Å². The van der Waals surface area contributed by atoms with Gasteiger partial charge in [-0.2, -0.15) is 28.1 Å². The Morgan fingerprint density at radius 3 is 2.36 bits per heavy atom. The molecule has 2 N–H and O–H groups in total. The SMILES string of the molecule is Nc1nc(CCCc2ccccc2Cl)nc(N2CCN(c3ncccc3C(F)(F)F)CC2)n1. The van der Waals surface area contributed by atoms with Crippen molar-refractivity contribution in [1.82, 2.24) is 19.9 Å². The van der Waals surface area contributed by atoms with Crippen LogP contribution in [0, 0.1) is 0 Å². The first-order chi connectivity index (χ1) is 15.8. The van der Waals surface area contributed by atoms with E-state index < -0.39 is 11.7 Å². The summed E-state index contributed by atoms with van der Waals surface area (Å²) >= 11 is 6.21. The predicted molar refractivity (Wildman–Crippen MR) is 121 cm³/mol. The normalized spacial score (nSPS) is 14.5. The van der Waals surface area contributed by atoms with Gasteiger partial charge in [-0.25, -0.2) is 4.98 Å².